The molecule has 0 amide bonds. The van der Waals surface area contributed by atoms with Crippen LogP contribution in [0, 0.1) is 0 Å². The van der Waals surface area contributed by atoms with Gasteiger partial charge in [-0.3, -0.25) is 0 Å². The van der Waals surface area contributed by atoms with Crippen molar-refractivity contribution in [3.63, 3.8) is 0 Å². The second-order valence-corrected chi connectivity index (χ2v) is 4.00. The Kier molecular flexibility index (Phi) is 9.35. The van der Waals surface area contributed by atoms with Gasteiger partial charge in [-0.05, 0) is 25.0 Å². The van der Waals surface area contributed by atoms with Crippen molar-refractivity contribution in [1.29, 1.82) is 0 Å². The molecular formula is C14H27N. The predicted molar refractivity (Wildman–Crippen MR) is 69.3 cm³/mol. The van der Waals surface area contributed by atoms with Gasteiger partial charge in [-0.15, -0.1) is 0 Å². The molecule has 0 fully saturated rings. The van der Waals surface area contributed by atoms with Crippen LogP contribution in [0.1, 0.15) is 59.1 Å². The largest absolute Gasteiger partial charge is 0.351 e. The normalized spacial score (nSPS) is 9.60. The van der Waals surface area contributed by atoms with Crippen LogP contribution >= 0.6 is 0 Å². The van der Waals surface area contributed by atoms with Gasteiger partial charge in [0.2, 0.25) is 0 Å². The molecule has 0 unspecified atom stereocenters. The fourth-order valence-electron chi connectivity index (χ4n) is 1.48. The number of rotatable bonds is 5. The number of aromatic nitrogens is 1. The highest BCUT2D eigenvalue weighted by Gasteiger charge is 1.97. The van der Waals surface area contributed by atoms with Crippen LogP contribution < -0.4 is 0 Å². The van der Waals surface area contributed by atoms with E-state index in [9.17, 15) is 0 Å². The SMILES string of the molecule is CCC.CCCCn1cccc1CCC. The number of hydrogen-bond acceptors (Lipinski definition) is 0. The van der Waals surface area contributed by atoms with Gasteiger partial charge >= 0.3 is 0 Å². The molecule has 1 heteroatoms. The van der Waals surface area contributed by atoms with Crippen molar-refractivity contribution >= 4 is 0 Å². The van der Waals surface area contributed by atoms with Crippen molar-refractivity contribution in [3.8, 4) is 0 Å². The van der Waals surface area contributed by atoms with E-state index >= 15 is 0 Å². The van der Waals surface area contributed by atoms with E-state index in [1.807, 2.05) is 0 Å². The van der Waals surface area contributed by atoms with Crippen LogP contribution in [0.15, 0.2) is 18.3 Å². The summed E-state index contributed by atoms with van der Waals surface area (Å²) in [6.45, 7) is 9.92. The zero-order valence-corrected chi connectivity index (χ0v) is 10.9. The van der Waals surface area contributed by atoms with Crippen molar-refractivity contribution in [2.24, 2.45) is 0 Å². The first-order valence-corrected chi connectivity index (χ1v) is 6.44. The summed E-state index contributed by atoms with van der Waals surface area (Å²) < 4.78 is 2.38. The van der Waals surface area contributed by atoms with E-state index in [1.165, 1.54) is 44.3 Å². The average molecular weight is 209 g/mol. The summed E-state index contributed by atoms with van der Waals surface area (Å²) in [5.41, 5.74) is 1.49. The van der Waals surface area contributed by atoms with Crippen LogP contribution in [0.25, 0.3) is 0 Å². The number of unbranched alkanes of at least 4 members (excludes halogenated alkanes) is 1. The Morgan fingerprint density at radius 1 is 1.07 bits per heavy atom. The van der Waals surface area contributed by atoms with Crippen LogP contribution in [0.4, 0.5) is 0 Å². The van der Waals surface area contributed by atoms with Gasteiger partial charge in [0.15, 0.2) is 0 Å². The number of hydrogen-bond donors (Lipinski definition) is 0. The zero-order chi connectivity index (χ0) is 11.5. The molecule has 1 heterocycles. The monoisotopic (exact) mass is 209 g/mol. The van der Waals surface area contributed by atoms with E-state index in [1.54, 1.807) is 0 Å². The first-order valence-electron chi connectivity index (χ1n) is 6.44. The summed E-state index contributed by atoms with van der Waals surface area (Å²) in [7, 11) is 0. The molecule has 0 saturated carbocycles. The van der Waals surface area contributed by atoms with Crippen molar-refractivity contribution < 1.29 is 0 Å². The number of nitrogens with zero attached hydrogens (tertiary/aromatic N) is 1. The molecule has 0 radical (unpaired) electrons. The van der Waals surface area contributed by atoms with Gasteiger partial charge in [0.25, 0.3) is 0 Å². The van der Waals surface area contributed by atoms with Crippen LogP contribution in [0.3, 0.4) is 0 Å². The molecule has 0 atom stereocenters. The quantitative estimate of drug-likeness (QED) is 0.665. The fourth-order valence-corrected chi connectivity index (χ4v) is 1.48. The molecule has 88 valence electrons. The van der Waals surface area contributed by atoms with Gasteiger partial charge in [-0.25, -0.2) is 0 Å². The fraction of sp³-hybridized carbons (Fsp3) is 0.714. The minimum absolute atomic E-state index is 1.19. The van der Waals surface area contributed by atoms with Crippen molar-refractivity contribution in [3.05, 3.63) is 24.0 Å². The Labute approximate surface area is 95.5 Å². The molecule has 1 aromatic heterocycles. The highest BCUT2D eigenvalue weighted by atomic mass is 15.0. The maximum Gasteiger partial charge on any atom is 0.0222 e. The summed E-state index contributed by atoms with van der Waals surface area (Å²) in [4.78, 5) is 0. The molecule has 0 N–H and O–H groups in total. The van der Waals surface area contributed by atoms with Crippen LogP contribution in [0.2, 0.25) is 0 Å². The first-order chi connectivity index (χ1) is 7.29. The molecule has 15 heavy (non-hydrogen) atoms. The van der Waals surface area contributed by atoms with E-state index < -0.39 is 0 Å². The number of aryl methyl sites for hydroxylation is 2. The van der Waals surface area contributed by atoms with Gasteiger partial charge in [0, 0.05) is 18.4 Å². The van der Waals surface area contributed by atoms with Gasteiger partial charge in [0.1, 0.15) is 0 Å². The summed E-state index contributed by atoms with van der Waals surface area (Å²) >= 11 is 0. The van der Waals surface area contributed by atoms with Crippen molar-refractivity contribution in [2.75, 3.05) is 0 Å². The highest BCUT2D eigenvalue weighted by Crippen LogP contribution is 2.06. The molecule has 0 aliphatic carbocycles. The molecule has 0 aliphatic heterocycles. The van der Waals surface area contributed by atoms with E-state index in [4.69, 9.17) is 0 Å². The third-order valence-electron chi connectivity index (χ3n) is 2.18. The molecule has 0 spiro atoms. The summed E-state index contributed by atoms with van der Waals surface area (Å²) in [5, 5.41) is 0. The molecule has 1 rings (SSSR count). The lowest BCUT2D eigenvalue weighted by Crippen LogP contribution is -2.00. The Bertz CT molecular complexity index is 225. The maximum atomic E-state index is 2.38. The van der Waals surface area contributed by atoms with E-state index in [0.717, 1.165) is 0 Å². The Hall–Kier alpha value is -0.720. The topological polar surface area (TPSA) is 4.93 Å². The Morgan fingerprint density at radius 3 is 2.27 bits per heavy atom. The average Bonchev–Trinajstić information content (AvgIpc) is 2.64. The lowest BCUT2D eigenvalue weighted by atomic mass is 10.2. The zero-order valence-electron chi connectivity index (χ0n) is 10.9. The van der Waals surface area contributed by atoms with E-state index in [-0.39, 0.29) is 0 Å². The Balaban J connectivity index is 0.000000583. The molecule has 1 nitrogen and oxygen atoms in total. The third-order valence-corrected chi connectivity index (χ3v) is 2.18. The molecule has 1 aromatic rings. The van der Waals surface area contributed by atoms with Gasteiger partial charge in [0.05, 0.1) is 0 Å². The second kappa shape index (κ2) is 9.82. The lowest BCUT2D eigenvalue weighted by Gasteiger charge is -2.06. The van der Waals surface area contributed by atoms with Gasteiger partial charge < -0.3 is 4.57 Å². The highest BCUT2D eigenvalue weighted by molar-refractivity contribution is 5.06. The van der Waals surface area contributed by atoms with Gasteiger partial charge in [-0.1, -0.05) is 47.0 Å². The Morgan fingerprint density at radius 2 is 1.73 bits per heavy atom. The van der Waals surface area contributed by atoms with E-state index in [2.05, 4.69) is 50.6 Å². The van der Waals surface area contributed by atoms with Crippen molar-refractivity contribution in [1.82, 2.24) is 4.57 Å². The predicted octanol–water partition coefficient (Wildman–Crippen LogP) is 4.66. The minimum Gasteiger partial charge on any atom is -0.351 e. The summed E-state index contributed by atoms with van der Waals surface area (Å²) in [5.74, 6) is 0. The maximum absolute atomic E-state index is 2.38. The molecule has 0 saturated heterocycles. The molecule has 0 aliphatic rings. The van der Waals surface area contributed by atoms with E-state index in [0.29, 0.717) is 0 Å². The van der Waals surface area contributed by atoms with Crippen LogP contribution in [-0.2, 0) is 13.0 Å². The summed E-state index contributed by atoms with van der Waals surface area (Å²) in [6.07, 6.45) is 8.49. The molecule has 0 bridgehead atoms. The van der Waals surface area contributed by atoms with Crippen LogP contribution in [0.5, 0.6) is 0 Å². The lowest BCUT2D eigenvalue weighted by molar-refractivity contribution is 0.606. The second-order valence-electron chi connectivity index (χ2n) is 4.00. The molecular weight excluding hydrogens is 182 g/mol. The standard InChI is InChI=1S/C11H19N.C3H8/c1-3-5-9-12-10-6-8-11(12)7-4-2;1-3-2/h6,8,10H,3-5,7,9H2,1-2H3;3H2,1-2H3. The van der Waals surface area contributed by atoms with Gasteiger partial charge in [-0.2, -0.15) is 0 Å². The molecule has 0 aromatic carbocycles. The summed E-state index contributed by atoms with van der Waals surface area (Å²) in [6, 6.07) is 4.39. The third kappa shape index (κ3) is 6.38. The minimum atomic E-state index is 1.19. The van der Waals surface area contributed by atoms with Crippen LogP contribution in [-0.4, -0.2) is 4.57 Å². The van der Waals surface area contributed by atoms with Crippen molar-refractivity contribution in [2.45, 2.75) is 66.3 Å². The first kappa shape index (κ1) is 14.3. The smallest absolute Gasteiger partial charge is 0.0222 e.